The second kappa shape index (κ2) is 10.1. The highest BCUT2D eigenvalue weighted by atomic mass is 19.3. The number of benzene rings is 1. The lowest BCUT2D eigenvalue weighted by atomic mass is 9.94. The zero-order valence-electron chi connectivity index (χ0n) is 17.4. The van der Waals surface area contributed by atoms with Crippen molar-refractivity contribution >= 4 is 0 Å². The van der Waals surface area contributed by atoms with Gasteiger partial charge in [-0.1, -0.05) is 13.3 Å². The van der Waals surface area contributed by atoms with Gasteiger partial charge in [-0.15, -0.1) is 0 Å². The minimum Gasteiger partial charge on any atom is -0.430 e. The van der Waals surface area contributed by atoms with Crippen LogP contribution in [0.25, 0.3) is 0 Å². The van der Waals surface area contributed by atoms with Gasteiger partial charge in [0.2, 0.25) is 0 Å². The topological polar surface area (TPSA) is 36.9 Å². The molecule has 0 saturated carbocycles. The van der Waals surface area contributed by atoms with Crippen LogP contribution in [0.2, 0.25) is 0 Å². The molecule has 0 aliphatic carbocycles. The summed E-state index contributed by atoms with van der Waals surface area (Å²) < 4.78 is 116. The summed E-state index contributed by atoms with van der Waals surface area (Å²) in [5.41, 5.74) is 0. The van der Waals surface area contributed by atoms with Crippen LogP contribution in [0.1, 0.15) is 45.4 Å². The molecule has 2 heterocycles. The molecule has 0 amide bonds. The number of alkyl halides is 4. The Labute approximate surface area is 181 Å². The Morgan fingerprint density at radius 3 is 2.00 bits per heavy atom. The van der Waals surface area contributed by atoms with Crippen molar-refractivity contribution in [1.29, 1.82) is 0 Å². The average molecular weight is 474 g/mol. The molecular formula is C21H25F7O4. The summed E-state index contributed by atoms with van der Waals surface area (Å²) in [6.45, 7) is 1.66. The van der Waals surface area contributed by atoms with Crippen LogP contribution in [0.4, 0.5) is 30.7 Å². The van der Waals surface area contributed by atoms with E-state index in [0.717, 1.165) is 12.8 Å². The van der Waals surface area contributed by atoms with E-state index in [0.29, 0.717) is 6.42 Å². The third-order valence-corrected chi connectivity index (χ3v) is 5.59. The molecule has 0 bridgehead atoms. The molecule has 1 aromatic rings. The van der Waals surface area contributed by atoms with E-state index >= 15 is 0 Å². The van der Waals surface area contributed by atoms with Gasteiger partial charge in [-0.05, 0) is 38.0 Å². The van der Waals surface area contributed by atoms with E-state index in [4.69, 9.17) is 14.2 Å². The van der Waals surface area contributed by atoms with E-state index in [1.807, 2.05) is 6.92 Å². The molecule has 4 unspecified atom stereocenters. The van der Waals surface area contributed by atoms with Crippen LogP contribution < -0.4 is 4.74 Å². The first-order valence-electron chi connectivity index (χ1n) is 10.5. The molecule has 4 atom stereocenters. The highest BCUT2D eigenvalue weighted by Crippen LogP contribution is 2.37. The zero-order chi connectivity index (χ0) is 23.5. The van der Waals surface area contributed by atoms with Gasteiger partial charge in [-0.2, -0.15) is 17.6 Å². The molecule has 182 valence electrons. The molecule has 0 N–H and O–H groups in total. The van der Waals surface area contributed by atoms with Crippen molar-refractivity contribution in [3.8, 4) is 5.75 Å². The summed E-state index contributed by atoms with van der Waals surface area (Å²) in [7, 11) is 0. The van der Waals surface area contributed by atoms with Crippen LogP contribution in [-0.2, 0) is 14.2 Å². The third-order valence-electron chi connectivity index (χ3n) is 5.59. The van der Waals surface area contributed by atoms with Crippen molar-refractivity contribution in [3.63, 3.8) is 0 Å². The van der Waals surface area contributed by atoms with E-state index in [1.165, 1.54) is 0 Å². The second-order valence-corrected chi connectivity index (χ2v) is 8.12. The molecule has 1 aromatic carbocycles. The van der Waals surface area contributed by atoms with Crippen molar-refractivity contribution in [1.82, 2.24) is 0 Å². The van der Waals surface area contributed by atoms with E-state index in [1.54, 1.807) is 0 Å². The molecule has 3 rings (SSSR count). The lowest BCUT2D eigenvalue weighted by Gasteiger charge is -2.37. The maximum Gasteiger partial charge on any atom is 0.424 e. The predicted molar refractivity (Wildman–Crippen MR) is 98.1 cm³/mol. The molecule has 0 radical (unpaired) electrons. The Kier molecular flexibility index (Phi) is 7.93. The average Bonchev–Trinajstić information content (AvgIpc) is 2.72. The van der Waals surface area contributed by atoms with Crippen LogP contribution in [0.3, 0.4) is 0 Å². The first-order chi connectivity index (χ1) is 15.0. The minimum atomic E-state index is -4.04. The molecule has 11 heteroatoms. The number of ether oxygens (including phenoxy) is 4. The highest BCUT2D eigenvalue weighted by molar-refractivity contribution is 5.25. The van der Waals surface area contributed by atoms with Crippen LogP contribution >= 0.6 is 0 Å². The number of hydrogen-bond acceptors (Lipinski definition) is 4. The second-order valence-electron chi connectivity index (χ2n) is 8.12. The molecule has 0 aromatic heterocycles. The summed E-state index contributed by atoms with van der Waals surface area (Å²) in [6.07, 6.45) is -10.1. The van der Waals surface area contributed by atoms with Gasteiger partial charge < -0.3 is 18.9 Å². The zero-order valence-corrected chi connectivity index (χ0v) is 17.4. The number of hydrogen-bond donors (Lipinski definition) is 0. The van der Waals surface area contributed by atoms with E-state index in [-0.39, 0.29) is 37.5 Å². The monoisotopic (exact) mass is 474 g/mol. The minimum absolute atomic E-state index is 0.130. The lowest BCUT2D eigenvalue weighted by molar-refractivity contribution is -0.341. The quantitative estimate of drug-likeness (QED) is 0.351. The molecule has 4 nitrogen and oxygen atoms in total. The van der Waals surface area contributed by atoms with Crippen LogP contribution in [0.15, 0.2) is 12.1 Å². The SMILES string of the molecule is CCCC1CCC(C(F)(F)OC2CCC(C(F)(F)Oc3cc(F)c(F)c(F)c3)OC2)OC1. The molecule has 2 fully saturated rings. The molecule has 2 aliphatic rings. The summed E-state index contributed by atoms with van der Waals surface area (Å²) in [6, 6.07) is 0.549. The van der Waals surface area contributed by atoms with Crippen LogP contribution in [0.5, 0.6) is 5.75 Å². The number of halogens is 7. The summed E-state index contributed by atoms with van der Waals surface area (Å²) >= 11 is 0. The fourth-order valence-corrected chi connectivity index (χ4v) is 3.90. The van der Waals surface area contributed by atoms with E-state index in [2.05, 4.69) is 4.74 Å². The standard InChI is InChI=1S/C21H25F7O4/c1-2-3-12-4-6-17(29-10-12)20(25,26)31-13-5-7-18(30-11-13)21(27,28)32-14-8-15(22)19(24)16(23)9-14/h8-9,12-13,17-18H,2-7,10-11H2,1H3. The van der Waals surface area contributed by atoms with Crippen molar-refractivity contribution in [2.75, 3.05) is 13.2 Å². The fraction of sp³-hybridized carbons (Fsp3) is 0.714. The Morgan fingerprint density at radius 2 is 1.47 bits per heavy atom. The molecule has 2 saturated heterocycles. The normalized spacial score (nSPS) is 27.4. The molecule has 2 aliphatic heterocycles. The van der Waals surface area contributed by atoms with Gasteiger partial charge >= 0.3 is 12.2 Å². The summed E-state index contributed by atoms with van der Waals surface area (Å²) in [5.74, 6) is -5.91. The van der Waals surface area contributed by atoms with Gasteiger partial charge in [-0.3, -0.25) is 0 Å². The van der Waals surface area contributed by atoms with Crippen molar-refractivity contribution < 1.29 is 49.7 Å². The van der Waals surface area contributed by atoms with E-state index in [9.17, 15) is 30.7 Å². The Bertz CT molecular complexity index is 738. The van der Waals surface area contributed by atoms with Gasteiger partial charge in [0.25, 0.3) is 0 Å². The smallest absolute Gasteiger partial charge is 0.424 e. The lowest BCUT2D eigenvalue weighted by Crippen LogP contribution is -2.49. The Morgan fingerprint density at radius 1 is 0.875 bits per heavy atom. The summed E-state index contributed by atoms with van der Waals surface area (Å²) in [4.78, 5) is 0. The molecule has 0 spiro atoms. The fourth-order valence-electron chi connectivity index (χ4n) is 3.90. The maximum absolute atomic E-state index is 14.5. The van der Waals surface area contributed by atoms with Gasteiger partial charge in [-0.25, -0.2) is 13.2 Å². The van der Waals surface area contributed by atoms with E-state index < -0.39 is 66.8 Å². The number of rotatable bonds is 8. The van der Waals surface area contributed by atoms with Gasteiger partial charge in [0.15, 0.2) is 23.6 Å². The molecular weight excluding hydrogens is 449 g/mol. The first kappa shape index (κ1) is 25.0. The van der Waals surface area contributed by atoms with Crippen LogP contribution in [0, 0.1) is 23.4 Å². The molecule has 32 heavy (non-hydrogen) atoms. The Hall–Kier alpha value is -1.59. The van der Waals surface area contributed by atoms with Crippen molar-refractivity contribution in [2.24, 2.45) is 5.92 Å². The maximum atomic E-state index is 14.5. The van der Waals surface area contributed by atoms with Crippen molar-refractivity contribution in [3.05, 3.63) is 29.6 Å². The highest BCUT2D eigenvalue weighted by Gasteiger charge is 2.49. The van der Waals surface area contributed by atoms with Gasteiger partial charge in [0, 0.05) is 12.1 Å². The first-order valence-corrected chi connectivity index (χ1v) is 10.5. The van der Waals surface area contributed by atoms with Crippen LogP contribution in [-0.4, -0.2) is 43.7 Å². The summed E-state index contributed by atoms with van der Waals surface area (Å²) in [5, 5.41) is 0. The largest absolute Gasteiger partial charge is 0.430 e. The van der Waals surface area contributed by atoms with Gasteiger partial charge in [0.05, 0.1) is 19.3 Å². The van der Waals surface area contributed by atoms with Crippen molar-refractivity contribution in [2.45, 2.75) is 76.0 Å². The Balaban J connectivity index is 1.51. The predicted octanol–water partition coefficient (Wildman–Crippen LogP) is 5.83. The third kappa shape index (κ3) is 6.05. The van der Waals surface area contributed by atoms with Gasteiger partial charge in [0.1, 0.15) is 11.9 Å².